The van der Waals surface area contributed by atoms with Crippen LogP contribution in [0.2, 0.25) is 0 Å². The van der Waals surface area contributed by atoms with Crippen molar-refractivity contribution in [3.8, 4) is 0 Å². The van der Waals surface area contributed by atoms with Gasteiger partial charge in [-0.15, -0.1) is 17.0 Å². The quantitative estimate of drug-likeness (QED) is 0.852. The van der Waals surface area contributed by atoms with Gasteiger partial charge in [-0.05, 0) is 36.1 Å². The minimum absolute atomic E-state index is 0. The van der Waals surface area contributed by atoms with Crippen molar-refractivity contribution in [2.75, 3.05) is 13.1 Å². The molecule has 2 aromatic rings. The van der Waals surface area contributed by atoms with Gasteiger partial charge in [-0.25, -0.2) is 0 Å². The van der Waals surface area contributed by atoms with Crippen molar-refractivity contribution in [2.24, 2.45) is 0 Å². The van der Waals surface area contributed by atoms with Gasteiger partial charge in [0.25, 0.3) is 0 Å². The van der Waals surface area contributed by atoms with Gasteiger partial charge in [0.1, 0.15) is 5.60 Å². The number of nitrogens with zero attached hydrogens (tertiary/aromatic N) is 1. The summed E-state index contributed by atoms with van der Waals surface area (Å²) in [6.45, 7) is 1.80. The van der Waals surface area contributed by atoms with Gasteiger partial charge in [0.15, 0.2) is 0 Å². The molecule has 21 heavy (non-hydrogen) atoms. The summed E-state index contributed by atoms with van der Waals surface area (Å²) in [7, 11) is 0. The second-order valence-corrected chi connectivity index (χ2v) is 5.94. The topological polar surface area (TPSA) is 23.5 Å². The summed E-state index contributed by atoms with van der Waals surface area (Å²) in [5.74, 6) is 0. The molecule has 2 heterocycles. The van der Waals surface area contributed by atoms with Gasteiger partial charge in [0.05, 0.1) is 0 Å². The van der Waals surface area contributed by atoms with Crippen molar-refractivity contribution in [3.63, 3.8) is 0 Å². The van der Waals surface area contributed by atoms with E-state index in [1.54, 1.807) is 0 Å². The third-order valence-corrected chi connectivity index (χ3v) is 4.81. The number of aliphatic hydroxyl groups is 1. The number of fused-ring (bicyclic) bond motifs is 3. The summed E-state index contributed by atoms with van der Waals surface area (Å²) in [5, 5.41) is 11.4. The lowest BCUT2D eigenvalue weighted by atomic mass is 9.78. The van der Waals surface area contributed by atoms with Crippen LogP contribution in [-0.4, -0.2) is 23.1 Å². The Morgan fingerprint density at radius 3 is 2.52 bits per heavy atom. The maximum atomic E-state index is 11.4. The molecule has 110 valence electrons. The van der Waals surface area contributed by atoms with Gasteiger partial charge in [0, 0.05) is 12.6 Å². The fraction of sp³-hybridized carbons (Fsp3) is 0.333. The maximum Gasteiger partial charge on any atom is 0.128 e. The van der Waals surface area contributed by atoms with Crippen molar-refractivity contribution in [1.82, 2.24) is 4.90 Å². The van der Waals surface area contributed by atoms with Crippen LogP contribution in [0.5, 0.6) is 0 Å². The Morgan fingerprint density at radius 2 is 1.71 bits per heavy atom. The van der Waals surface area contributed by atoms with Crippen LogP contribution < -0.4 is 0 Å². The average molecular weight is 346 g/mol. The van der Waals surface area contributed by atoms with Gasteiger partial charge in [-0.2, -0.15) is 0 Å². The highest BCUT2D eigenvalue weighted by atomic mass is 79.9. The van der Waals surface area contributed by atoms with Crippen LogP contribution in [-0.2, 0) is 5.60 Å². The van der Waals surface area contributed by atoms with E-state index >= 15 is 0 Å². The van der Waals surface area contributed by atoms with Crippen LogP contribution in [0.15, 0.2) is 54.6 Å². The third-order valence-electron chi connectivity index (χ3n) is 4.81. The predicted octanol–water partition coefficient (Wildman–Crippen LogP) is 3.65. The van der Waals surface area contributed by atoms with Crippen molar-refractivity contribution < 1.29 is 5.11 Å². The van der Waals surface area contributed by atoms with E-state index in [1.807, 2.05) is 36.4 Å². The average Bonchev–Trinajstić information content (AvgIpc) is 2.97. The Morgan fingerprint density at radius 1 is 1.00 bits per heavy atom. The number of benzene rings is 2. The first-order chi connectivity index (χ1) is 9.79. The number of halogens is 1. The Bertz CT molecular complexity index is 630. The van der Waals surface area contributed by atoms with Crippen LogP contribution in [0.4, 0.5) is 0 Å². The lowest BCUT2D eigenvalue weighted by Gasteiger charge is -2.43. The summed E-state index contributed by atoms with van der Waals surface area (Å²) in [6, 6.07) is 19.0. The SMILES string of the molecule is Br.OC1(c2ccccc2)CN2CCCC2c2ccccc21. The molecule has 2 unspecified atom stereocenters. The van der Waals surface area contributed by atoms with Crippen LogP contribution in [0, 0.1) is 0 Å². The van der Waals surface area contributed by atoms with Crippen LogP contribution in [0.3, 0.4) is 0 Å². The molecule has 4 rings (SSSR count). The molecule has 1 N–H and O–H groups in total. The van der Waals surface area contributed by atoms with E-state index in [9.17, 15) is 5.11 Å². The zero-order chi connectivity index (χ0) is 13.6. The summed E-state index contributed by atoms with van der Waals surface area (Å²) < 4.78 is 0. The van der Waals surface area contributed by atoms with E-state index in [0.29, 0.717) is 12.6 Å². The summed E-state index contributed by atoms with van der Waals surface area (Å²) >= 11 is 0. The summed E-state index contributed by atoms with van der Waals surface area (Å²) in [6.07, 6.45) is 2.44. The highest BCUT2D eigenvalue weighted by Crippen LogP contribution is 2.45. The van der Waals surface area contributed by atoms with Crippen molar-refractivity contribution in [1.29, 1.82) is 0 Å². The number of hydrogen-bond acceptors (Lipinski definition) is 2. The molecule has 0 radical (unpaired) electrons. The van der Waals surface area contributed by atoms with E-state index in [0.717, 1.165) is 17.7 Å². The minimum Gasteiger partial charge on any atom is -0.379 e. The third kappa shape index (κ3) is 2.24. The fourth-order valence-corrected chi connectivity index (χ4v) is 3.87. The Labute approximate surface area is 136 Å². The van der Waals surface area contributed by atoms with E-state index in [-0.39, 0.29) is 17.0 Å². The van der Waals surface area contributed by atoms with Gasteiger partial charge in [-0.1, -0.05) is 54.6 Å². The van der Waals surface area contributed by atoms with Crippen LogP contribution >= 0.6 is 17.0 Å². The zero-order valence-electron chi connectivity index (χ0n) is 11.9. The molecule has 0 saturated carbocycles. The molecule has 0 aliphatic carbocycles. The molecule has 2 aliphatic rings. The minimum atomic E-state index is -0.876. The lowest BCUT2D eigenvalue weighted by molar-refractivity contribution is 0.0148. The largest absolute Gasteiger partial charge is 0.379 e. The molecule has 1 saturated heterocycles. The second kappa shape index (κ2) is 5.56. The first kappa shape index (κ1) is 14.8. The summed E-state index contributed by atoms with van der Waals surface area (Å²) in [5.41, 5.74) is 2.52. The molecule has 3 heteroatoms. The summed E-state index contributed by atoms with van der Waals surface area (Å²) in [4.78, 5) is 2.44. The molecule has 1 fully saturated rings. The van der Waals surface area contributed by atoms with Gasteiger partial charge < -0.3 is 5.11 Å². The molecule has 0 aromatic heterocycles. The molecule has 2 atom stereocenters. The zero-order valence-corrected chi connectivity index (χ0v) is 13.6. The highest BCUT2D eigenvalue weighted by molar-refractivity contribution is 8.93. The monoisotopic (exact) mass is 345 g/mol. The Hall–Kier alpha value is -1.16. The van der Waals surface area contributed by atoms with Gasteiger partial charge in [0.2, 0.25) is 0 Å². The van der Waals surface area contributed by atoms with E-state index in [4.69, 9.17) is 0 Å². The predicted molar refractivity (Wildman–Crippen MR) is 89.8 cm³/mol. The Balaban J connectivity index is 0.00000132. The first-order valence-electron chi connectivity index (χ1n) is 7.40. The van der Waals surface area contributed by atoms with E-state index in [1.165, 1.54) is 18.4 Å². The number of hydrogen-bond donors (Lipinski definition) is 1. The van der Waals surface area contributed by atoms with Crippen molar-refractivity contribution in [3.05, 3.63) is 71.3 Å². The molecular formula is C18H20BrNO. The number of rotatable bonds is 1. The second-order valence-electron chi connectivity index (χ2n) is 5.94. The van der Waals surface area contributed by atoms with Crippen LogP contribution in [0.1, 0.15) is 35.6 Å². The standard InChI is InChI=1S/C18H19NO.BrH/c20-18(14-7-2-1-3-8-14)13-19-12-6-11-17(19)15-9-4-5-10-16(15)18;/h1-5,7-10,17,20H,6,11-13H2;1H. The molecule has 2 aliphatic heterocycles. The molecule has 0 bridgehead atoms. The molecule has 2 aromatic carbocycles. The normalized spacial score (nSPS) is 27.6. The van der Waals surface area contributed by atoms with E-state index < -0.39 is 5.60 Å². The fourth-order valence-electron chi connectivity index (χ4n) is 3.87. The first-order valence-corrected chi connectivity index (χ1v) is 7.40. The molecule has 0 spiro atoms. The smallest absolute Gasteiger partial charge is 0.128 e. The molecular weight excluding hydrogens is 326 g/mol. The highest BCUT2D eigenvalue weighted by Gasteiger charge is 2.44. The van der Waals surface area contributed by atoms with Crippen molar-refractivity contribution >= 4 is 17.0 Å². The van der Waals surface area contributed by atoms with Crippen LogP contribution in [0.25, 0.3) is 0 Å². The van der Waals surface area contributed by atoms with E-state index in [2.05, 4.69) is 23.1 Å². The van der Waals surface area contributed by atoms with Gasteiger partial charge >= 0.3 is 0 Å². The lowest BCUT2D eigenvalue weighted by Crippen LogP contribution is -2.46. The Kier molecular flexibility index (Phi) is 3.91. The van der Waals surface area contributed by atoms with Gasteiger partial charge in [-0.3, -0.25) is 4.90 Å². The molecule has 2 nitrogen and oxygen atoms in total. The molecule has 0 amide bonds. The van der Waals surface area contributed by atoms with Crippen molar-refractivity contribution in [2.45, 2.75) is 24.5 Å². The maximum absolute atomic E-state index is 11.4.